The van der Waals surface area contributed by atoms with Crippen LogP contribution >= 0.6 is 11.6 Å². The highest BCUT2D eigenvalue weighted by atomic mass is 35.5. The largest absolute Gasteiger partial charge is 0.462 e. The molecule has 1 aliphatic rings. The summed E-state index contributed by atoms with van der Waals surface area (Å²) in [7, 11) is 0. The van der Waals surface area contributed by atoms with Crippen molar-refractivity contribution < 1.29 is 14.6 Å². The number of aliphatic hydroxyl groups is 1. The molecule has 1 aliphatic heterocycles. The second-order valence-electron chi connectivity index (χ2n) is 4.51. The molecule has 0 amide bonds. The molecule has 1 aromatic carbocycles. The predicted octanol–water partition coefficient (Wildman–Crippen LogP) is 1.67. The molecule has 1 unspecified atom stereocenters. The van der Waals surface area contributed by atoms with E-state index in [-0.39, 0.29) is 6.61 Å². The van der Waals surface area contributed by atoms with Crippen molar-refractivity contribution >= 4 is 28.9 Å². The lowest BCUT2D eigenvalue weighted by molar-refractivity contribution is 0.0527. The van der Waals surface area contributed by atoms with E-state index in [1.165, 1.54) is 0 Å². The number of nitrogen functional groups attached to an aromatic ring is 1. The van der Waals surface area contributed by atoms with E-state index >= 15 is 0 Å². The van der Waals surface area contributed by atoms with E-state index < -0.39 is 12.1 Å². The van der Waals surface area contributed by atoms with Crippen LogP contribution < -0.4 is 10.6 Å². The molecule has 1 saturated heterocycles. The number of benzene rings is 1. The molecule has 0 aromatic heterocycles. The second-order valence-corrected chi connectivity index (χ2v) is 4.92. The fraction of sp³-hybridized carbons (Fsp3) is 0.462. The molecule has 2 rings (SSSR count). The van der Waals surface area contributed by atoms with Crippen molar-refractivity contribution in [3.05, 3.63) is 22.7 Å². The fourth-order valence-corrected chi connectivity index (χ4v) is 2.60. The van der Waals surface area contributed by atoms with Gasteiger partial charge in [-0.2, -0.15) is 0 Å². The summed E-state index contributed by atoms with van der Waals surface area (Å²) in [5, 5.41) is 10.0. The van der Waals surface area contributed by atoms with Gasteiger partial charge in [-0.1, -0.05) is 11.6 Å². The zero-order chi connectivity index (χ0) is 14.0. The van der Waals surface area contributed by atoms with Gasteiger partial charge in [-0.3, -0.25) is 0 Å². The van der Waals surface area contributed by atoms with Gasteiger partial charge in [-0.05, 0) is 25.5 Å². The first-order valence-electron chi connectivity index (χ1n) is 6.22. The van der Waals surface area contributed by atoms with Gasteiger partial charge in [-0.15, -0.1) is 0 Å². The van der Waals surface area contributed by atoms with Crippen molar-refractivity contribution in [1.82, 2.24) is 0 Å². The Hall–Kier alpha value is -1.46. The maximum atomic E-state index is 12.0. The van der Waals surface area contributed by atoms with Crippen LogP contribution in [0.25, 0.3) is 0 Å². The third-order valence-electron chi connectivity index (χ3n) is 3.06. The number of carbonyl (C=O) groups excluding carboxylic acids is 1. The van der Waals surface area contributed by atoms with Gasteiger partial charge in [0.05, 0.1) is 29.0 Å². The highest BCUT2D eigenvalue weighted by Gasteiger charge is 2.27. The van der Waals surface area contributed by atoms with Gasteiger partial charge in [0.2, 0.25) is 0 Å². The predicted molar refractivity (Wildman–Crippen MR) is 74.7 cm³/mol. The number of ether oxygens (including phenoxy) is 1. The first-order chi connectivity index (χ1) is 9.02. The quantitative estimate of drug-likeness (QED) is 0.652. The van der Waals surface area contributed by atoms with E-state index in [2.05, 4.69) is 0 Å². The van der Waals surface area contributed by atoms with E-state index in [0.717, 1.165) is 0 Å². The van der Waals surface area contributed by atoms with Crippen LogP contribution in [0.1, 0.15) is 23.7 Å². The third-order valence-corrected chi connectivity index (χ3v) is 3.35. The zero-order valence-electron chi connectivity index (χ0n) is 10.7. The van der Waals surface area contributed by atoms with Crippen LogP contribution in [0.2, 0.25) is 5.02 Å². The topological polar surface area (TPSA) is 75.8 Å². The van der Waals surface area contributed by atoms with Crippen molar-refractivity contribution in [2.24, 2.45) is 0 Å². The number of rotatable bonds is 3. The Kier molecular flexibility index (Phi) is 4.17. The Labute approximate surface area is 116 Å². The SMILES string of the molecule is CCOC(=O)c1cc(N)cc(Cl)c1N1CCC(O)C1. The van der Waals surface area contributed by atoms with Crippen LogP contribution in [0.3, 0.4) is 0 Å². The number of β-amino-alcohol motifs (C(OH)–C–C–N with tert-alkyl or cyclic N) is 1. The molecule has 3 N–H and O–H groups in total. The van der Waals surface area contributed by atoms with E-state index in [4.69, 9.17) is 22.1 Å². The molecule has 0 aliphatic carbocycles. The van der Waals surface area contributed by atoms with Crippen molar-refractivity contribution in [1.29, 1.82) is 0 Å². The number of esters is 1. The molecule has 1 fully saturated rings. The maximum absolute atomic E-state index is 12.0. The molecular formula is C13H17ClN2O3. The van der Waals surface area contributed by atoms with Gasteiger partial charge in [0.15, 0.2) is 0 Å². The van der Waals surface area contributed by atoms with Crippen LogP contribution in [0.5, 0.6) is 0 Å². The molecule has 0 saturated carbocycles. The summed E-state index contributed by atoms with van der Waals surface area (Å²) in [6.45, 7) is 3.13. The van der Waals surface area contributed by atoms with E-state index in [1.807, 2.05) is 4.90 Å². The minimum absolute atomic E-state index is 0.285. The normalized spacial score (nSPS) is 18.7. The van der Waals surface area contributed by atoms with Crippen molar-refractivity contribution in [2.45, 2.75) is 19.4 Å². The Bertz CT molecular complexity index is 493. The highest BCUT2D eigenvalue weighted by Crippen LogP contribution is 2.35. The Balaban J connectivity index is 2.42. The van der Waals surface area contributed by atoms with Crippen LogP contribution in [-0.2, 0) is 4.74 Å². The Morgan fingerprint density at radius 3 is 2.95 bits per heavy atom. The third kappa shape index (κ3) is 2.93. The molecular weight excluding hydrogens is 268 g/mol. The molecule has 1 aromatic rings. The standard InChI is InChI=1S/C13H17ClN2O3/c1-2-19-13(18)10-5-8(15)6-11(14)12(10)16-4-3-9(17)7-16/h5-6,9,17H,2-4,7,15H2,1H3. The lowest BCUT2D eigenvalue weighted by atomic mass is 10.1. The summed E-state index contributed by atoms with van der Waals surface area (Å²) >= 11 is 6.20. The average molecular weight is 285 g/mol. The van der Waals surface area contributed by atoms with Gasteiger partial charge in [0.25, 0.3) is 0 Å². The summed E-state index contributed by atoms with van der Waals surface area (Å²) in [6, 6.07) is 3.16. The number of carbonyl (C=O) groups is 1. The molecule has 104 valence electrons. The first-order valence-corrected chi connectivity index (χ1v) is 6.60. The smallest absolute Gasteiger partial charge is 0.340 e. The fourth-order valence-electron chi connectivity index (χ4n) is 2.25. The molecule has 0 bridgehead atoms. The molecule has 1 atom stereocenters. The summed E-state index contributed by atoms with van der Waals surface area (Å²) in [6.07, 6.45) is 0.256. The van der Waals surface area contributed by atoms with E-state index in [1.54, 1.807) is 19.1 Å². The van der Waals surface area contributed by atoms with Crippen LogP contribution in [0.4, 0.5) is 11.4 Å². The molecule has 0 spiro atoms. The van der Waals surface area contributed by atoms with Crippen molar-refractivity contribution in [3.8, 4) is 0 Å². The van der Waals surface area contributed by atoms with Crippen LogP contribution in [0.15, 0.2) is 12.1 Å². The first kappa shape index (κ1) is 14.0. The number of nitrogens with zero attached hydrogens (tertiary/aromatic N) is 1. The number of hydrogen-bond acceptors (Lipinski definition) is 5. The average Bonchev–Trinajstić information content (AvgIpc) is 2.74. The lowest BCUT2D eigenvalue weighted by Gasteiger charge is -2.22. The van der Waals surface area contributed by atoms with Crippen molar-refractivity contribution in [3.63, 3.8) is 0 Å². The molecule has 6 heteroatoms. The molecule has 0 radical (unpaired) electrons. The summed E-state index contributed by atoms with van der Waals surface area (Å²) in [5.74, 6) is -0.451. The van der Waals surface area contributed by atoms with Crippen molar-refractivity contribution in [2.75, 3.05) is 30.3 Å². The number of halogens is 1. The molecule has 5 nitrogen and oxygen atoms in total. The molecule has 19 heavy (non-hydrogen) atoms. The number of anilines is 2. The molecule has 1 heterocycles. The van der Waals surface area contributed by atoms with Gasteiger partial charge in [-0.25, -0.2) is 4.79 Å². The minimum atomic E-state index is -0.451. The van der Waals surface area contributed by atoms with Gasteiger partial charge in [0, 0.05) is 18.8 Å². The summed E-state index contributed by atoms with van der Waals surface area (Å²) < 4.78 is 5.02. The Morgan fingerprint density at radius 1 is 1.63 bits per heavy atom. The maximum Gasteiger partial charge on any atom is 0.340 e. The van der Waals surface area contributed by atoms with Gasteiger partial charge >= 0.3 is 5.97 Å². The zero-order valence-corrected chi connectivity index (χ0v) is 11.5. The lowest BCUT2D eigenvalue weighted by Crippen LogP contribution is -2.24. The van der Waals surface area contributed by atoms with E-state index in [9.17, 15) is 9.90 Å². The van der Waals surface area contributed by atoms with Gasteiger partial charge in [0.1, 0.15) is 0 Å². The number of nitrogens with two attached hydrogens (primary N) is 1. The Morgan fingerprint density at radius 2 is 2.37 bits per heavy atom. The summed E-state index contributed by atoms with van der Waals surface area (Å²) in [5.41, 5.74) is 7.08. The number of aliphatic hydroxyl groups excluding tert-OH is 1. The summed E-state index contributed by atoms with van der Waals surface area (Å²) in [4.78, 5) is 13.9. The minimum Gasteiger partial charge on any atom is -0.462 e. The van der Waals surface area contributed by atoms with Gasteiger partial charge < -0.3 is 20.5 Å². The van der Waals surface area contributed by atoms with Crippen LogP contribution in [0, 0.1) is 0 Å². The second kappa shape index (κ2) is 5.67. The highest BCUT2D eigenvalue weighted by molar-refractivity contribution is 6.34. The monoisotopic (exact) mass is 284 g/mol. The van der Waals surface area contributed by atoms with E-state index in [0.29, 0.717) is 41.5 Å². The van der Waals surface area contributed by atoms with Crippen LogP contribution in [-0.4, -0.2) is 36.9 Å². The number of hydrogen-bond donors (Lipinski definition) is 2.